The Bertz CT molecular complexity index is 430. The van der Waals surface area contributed by atoms with Crippen LogP contribution in [0.25, 0.3) is 0 Å². The van der Waals surface area contributed by atoms with Crippen LogP contribution in [0, 0.1) is 24.5 Å². The summed E-state index contributed by atoms with van der Waals surface area (Å²) in [7, 11) is 0. The molecule has 0 spiro atoms. The van der Waals surface area contributed by atoms with Gasteiger partial charge in [-0.3, -0.25) is 0 Å². The predicted molar refractivity (Wildman–Crippen MR) is 66.2 cm³/mol. The molecule has 1 fully saturated rings. The van der Waals surface area contributed by atoms with E-state index in [4.69, 9.17) is 0 Å². The van der Waals surface area contributed by atoms with Crippen molar-refractivity contribution in [1.82, 2.24) is 5.32 Å². The first kappa shape index (κ1) is 13.4. The van der Waals surface area contributed by atoms with Crippen molar-refractivity contribution in [3.63, 3.8) is 0 Å². The molecule has 2 N–H and O–H groups in total. The summed E-state index contributed by atoms with van der Waals surface area (Å²) in [5.41, 5.74) is 0.684. The van der Waals surface area contributed by atoms with Gasteiger partial charge in [-0.15, -0.1) is 0 Å². The molecule has 1 aliphatic carbocycles. The molecular weight excluding hydrogens is 236 g/mol. The highest BCUT2D eigenvalue weighted by atomic mass is 19.1. The van der Waals surface area contributed by atoms with E-state index in [1.165, 1.54) is 12.1 Å². The van der Waals surface area contributed by atoms with Crippen LogP contribution in [-0.2, 0) is 0 Å². The summed E-state index contributed by atoms with van der Waals surface area (Å²) < 4.78 is 27.1. The largest absolute Gasteiger partial charge is 0.393 e. The average molecular weight is 255 g/mol. The highest BCUT2D eigenvalue weighted by molar-refractivity contribution is 5.27. The van der Waals surface area contributed by atoms with Crippen LogP contribution in [0.4, 0.5) is 8.78 Å². The molecule has 4 heteroatoms. The van der Waals surface area contributed by atoms with Crippen molar-refractivity contribution in [2.75, 3.05) is 6.54 Å². The maximum Gasteiger partial charge on any atom is 0.128 e. The van der Waals surface area contributed by atoms with E-state index in [0.717, 1.165) is 19.4 Å². The van der Waals surface area contributed by atoms with E-state index >= 15 is 0 Å². The van der Waals surface area contributed by atoms with Gasteiger partial charge >= 0.3 is 0 Å². The second-order valence-electron chi connectivity index (χ2n) is 5.24. The van der Waals surface area contributed by atoms with Crippen molar-refractivity contribution in [1.29, 1.82) is 0 Å². The number of aliphatic hydroxyl groups excluding tert-OH is 1. The fourth-order valence-corrected chi connectivity index (χ4v) is 2.31. The minimum absolute atomic E-state index is 0.180. The highest BCUT2D eigenvalue weighted by Gasteiger charge is 2.27. The van der Waals surface area contributed by atoms with Crippen molar-refractivity contribution in [2.24, 2.45) is 5.92 Å². The lowest BCUT2D eigenvalue weighted by atomic mass is 9.82. The second kappa shape index (κ2) is 5.33. The van der Waals surface area contributed by atoms with Crippen molar-refractivity contribution >= 4 is 0 Å². The Labute approximate surface area is 106 Å². The summed E-state index contributed by atoms with van der Waals surface area (Å²) in [6, 6.07) is 2.27. The van der Waals surface area contributed by atoms with Crippen LogP contribution in [-0.4, -0.2) is 17.8 Å². The van der Waals surface area contributed by atoms with Gasteiger partial charge in [0.25, 0.3) is 0 Å². The smallest absolute Gasteiger partial charge is 0.128 e. The van der Waals surface area contributed by atoms with Gasteiger partial charge < -0.3 is 10.4 Å². The van der Waals surface area contributed by atoms with E-state index < -0.39 is 0 Å². The summed E-state index contributed by atoms with van der Waals surface area (Å²) in [6.45, 7) is 4.10. The highest BCUT2D eigenvalue weighted by Crippen LogP contribution is 2.27. The van der Waals surface area contributed by atoms with Gasteiger partial charge in [0.1, 0.15) is 11.6 Å². The molecule has 2 nitrogen and oxygen atoms in total. The first-order valence-electron chi connectivity index (χ1n) is 6.34. The number of hydrogen-bond donors (Lipinski definition) is 2. The average Bonchev–Trinajstić information content (AvgIpc) is 2.27. The van der Waals surface area contributed by atoms with Crippen molar-refractivity contribution in [3.8, 4) is 0 Å². The zero-order valence-electron chi connectivity index (χ0n) is 10.7. The lowest BCUT2D eigenvalue weighted by Crippen LogP contribution is -2.37. The molecule has 0 heterocycles. The van der Waals surface area contributed by atoms with E-state index in [0.29, 0.717) is 17.0 Å². The molecular formula is C14H19F2NO. The minimum atomic E-state index is -0.376. The molecule has 1 saturated carbocycles. The third-order valence-electron chi connectivity index (χ3n) is 3.67. The monoisotopic (exact) mass is 255 g/mol. The number of benzene rings is 1. The van der Waals surface area contributed by atoms with E-state index in [1.54, 1.807) is 6.92 Å². The number of nitrogens with one attached hydrogen (secondary N) is 1. The minimum Gasteiger partial charge on any atom is -0.393 e. The van der Waals surface area contributed by atoms with Crippen LogP contribution in [0.5, 0.6) is 0 Å². The Morgan fingerprint density at radius 1 is 1.33 bits per heavy atom. The Hall–Kier alpha value is -1.00. The first-order chi connectivity index (χ1) is 8.47. The SMILES string of the molecule is Cc1cc(F)c(C(C)NCC2CC(O)C2)cc1F. The molecule has 18 heavy (non-hydrogen) atoms. The maximum absolute atomic E-state index is 13.7. The van der Waals surface area contributed by atoms with Gasteiger partial charge in [0.05, 0.1) is 6.10 Å². The standard InChI is InChI=1S/C14H19F2NO/c1-8-3-14(16)12(6-13(8)15)9(2)17-7-10-4-11(18)5-10/h3,6,9-11,17-18H,4-5,7H2,1-2H3. The van der Waals surface area contributed by atoms with Gasteiger partial charge in [0.15, 0.2) is 0 Å². The van der Waals surface area contributed by atoms with Gasteiger partial charge in [-0.25, -0.2) is 8.78 Å². The van der Waals surface area contributed by atoms with E-state index in [2.05, 4.69) is 5.32 Å². The number of hydrogen-bond acceptors (Lipinski definition) is 2. The lowest BCUT2D eigenvalue weighted by Gasteiger charge is -2.32. The topological polar surface area (TPSA) is 32.3 Å². The Balaban J connectivity index is 1.96. The molecule has 0 aromatic heterocycles. The molecule has 1 atom stereocenters. The number of halogens is 2. The Morgan fingerprint density at radius 3 is 2.61 bits per heavy atom. The van der Waals surface area contributed by atoms with E-state index in [9.17, 15) is 13.9 Å². The van der Waals surface area contributed by atoms with Gasteiger partial charge in [0.2, 0.25) is 0 Å². The molecule has 2 rings (SSSR count). The fraction of sp³-hybridized carbons (Fsp3) is 0.571. The molecule has 1 aliphatic rings. The van der Waals surface area contributed by atoms with Crippen LogP contribution in [0.3, 0.4) is 0 Å². The Kier molecular flexibility index (Phi) is 3.97. The molecule has 100 valence electrons. The molecule has 0 amide bonds. The third kappa shape index (κ3) is 2.87. The van der Waals surface area contributed by atoms with Gasteiger partial charge in [-0.1, -0.05) is 0 Å². The summed E-state index contributed by atoms with van der Waals surface area (Å²) in [6.07, 6.45) is 1.41. The molecule has 0 radical (unpaired) electrons. The molecule has 1 aromatic rings. The number of rotatable bonds is 4. The van der Waals surface area contributed by atoms with Crippen molar-refractivity contribution in [2.45, 2.75) is 38.8 Å². The van der Waals surface area contributed by atoms with Crippen LogP contribution in [0.15, 0.2) is 12.1 Å². The van der Waals surface area contributed by atoms with Gasteiger partial charge in [0, 0.05) is 11.6 Å². The zero-order valence-corrected chi connectivity index (χ0v) is 10.7. The quantitative estimate of drug-likeness (QED) is 0.867. The van der Waals surface area contributed by atoms with E-state index in [-0.39, 0.29) is 23.8 Å². The second-order valence-corrected chi connectivity index (χ2v) is 5.24. The summed E-state index contributed by atoms with van der Waals surface area (Å²) in [5, 5.41) is 12.4. The molecule has 1 aromatic carbocycles. The van der Waals surface area contributed by atoms with Crippen LogP contribution >= 0.6 is 0 Å². The number of aryl methyl sites for hydroxylation is 1. The summed E-state index contributed by atoms with van der Waals surface area (Å²) in [4.78, 5) is 0. The van der Waals surface area contributed by atoms with Crippen LogP contribution in [0.2, 0.25) is 0 Å². The summed E-state index contributed by atoms with van der Waals surface area (Å²) in [5.74, 6) is -0.303. The molecule has 0 bridgehead atoms. The van der Waals surface area contributed by atoms with Crippen LogP contribution in [0.1, 0.15) is 36.9 Å². The van der Waals surface area contributed by atoms with E-state index in [1.807, 2.05) is 6.92 Å². The van der Waals surface area contributed by atoms with Gasteiger partial charge in [-0.2, -0.15) is 0 Å². The fourth-order valence-electron chi connectivity index (χ4n) is 2.31. The molecule has 0 aliphatic heterocycles. The number of aliphatic hydroxyl groups is 1. The maximum atomic E-state index is 13.7. The zero-order chi connectivity index (χ0) is 13.3. The van der Waals surface area contributed by atoms with Crippen molar-refractivity contribution < 1.29 is 13.9 Å². The first-order valence-corrected chi connectivity index (χ1v) is 6.34. The summed E-state index contributed by atoms with van der Waals surface area (Å²) >= 11 is 0. The normalized spacial score (nSPS) is 24.7. The molecule has 0 saturated heterocycles. The van der Waals surface area contributed by atoms with Crippen molar-refractivity contribution in [3.05, 3.63) is 34.9 Å². The Morgan fingerprint density at radius 2 is 2.00 bits per heavy atom. The molecule has 1 unspecified atom stereocenters. The predicted octanol–water partition coefficient (Wildman–Crippen LogP) is 2.69. The lowest BCUT2D eigenvalue weighted by molar-refractivity contribution is 0.0420. The van der Waals surface area contributed by atoms with Gasteiger partial charge in [-0.05, 0) is 56.8 Å². The third-order valence-corrected chi connectivity index (χ3v) is 3.67. The van der Waals surface area contributed by atoms with Crippen LogP contribution < -0.4 is 5.32 Å².